The molecule has 2 N–H and O–H groups in total. The Hall–Kier alpha value is -1.50. The molecule has 1 aliphatic heterocycles. The van der Waals surface area contributed by atoms with Gasteiger partial charge < -0.3 is 15.3 Å². The number of hydrogen-bond acceptors (Lipinski definition) is 4. The highest BCUT2D eigenvalue weighted by Gasteiger charge is 2.32. The fraction of sp³-hybridized carbons (Fsp3) is 0.611. The van der Waals surface area contributed by atoms with Crippen molar-refractivity contribution in [3.8, 4) is 0 Å². The number of aliphatic hydroxyl groups is 1. The molecule has 3 rings (SSSR count). The van der Waals surface area contributed by atoms with Crippen molar-refractivity contribution in [3.05, 3.63) is 30.1 Å². The first-order chi connectivity index (χ1) is 11.6. The maximum atomic E-state index is 13.1. The highest BCUT2D eigenvalue weighted by molar-refractivity contribution is 5.90. The normalized spacial score (nSPS) is 25.8. The Morgan fingerprint density at radius 2 is 2.04 bits per heavy atom. The number of halogens is 1. The Bertz CT molecular complexity index is 561. The van der Waals surface area contributed by atoms with Gasteiger partial charge in [-0.2, -0.15) is 0 Å². The van der Waals surface area contributed by atoms with Gasteiger partial charge in [-0.05, 0) is 37.5 Å². The summed E-state index contributed by atoms with van der Waals surface area (Å²) in [6.07, 6.45) is 3.37. The Morgan fingerprint density at radius 3 is 2.71 bits per heavy atom. The summed E-state index contributed by atoms with van der Waals surface area (Å²) in [4.78, 5) is 16.6. The number of amides is 1. The van der Waals surface area contributed by atoms with Crippen molar-refractivity contribution in [1.82, 2.24) is 9.80 Å². The van der Waals surface area contributed by atoms with Crippen LogP contribution in [0.25, 0.3) is 0 Å². The van der Waals surface area contributed by atoms with E-state index in [1.807, 2.05) is 0 Å². The van der Waals surface area contributed by atoms with Crippen LogP contribution in [0.4, 0.5) is 10.1 Å². The van der Waals surface area contributed by atoms with E-state index in [1.54, 1.807) is 12.1 Å². The van der Waals surface area contributed by atoms with Gasteiger partial charge in [0.15, 0.2) is 0 Å². The predicted molar refractivity (Wildman–Crippen MR) is 91.3 cm³/mol. The van der Waals surface area contributed by atoms with Gasteiger partial charge in [0, 0.05) is 50.9 Å². The number of benzene rings is 1. The van der Waals surface area contributed by atoms with Crippen LogP contribution in [0.5, 0.6) is 0 Å². The van der Waals surface area contributed by atoms with Gasteiger partial charge in [-0.1, -0.05) is 6.07 Å². The number of aliphatic hydroxyl groups excluding tert-OH is 1. The SMILES string of the molecule is O=C(CCN1CCN([C@H]2CCC[C@@H]2O)CC1)Nc1cccc(F)c1. The zero-order chi connectivity index (χ0) is 16.9. The first-order valence-corrected chi connectivity index (χ1v) is 8.82. The lowest BCUT2D eigenvalue weighted by molar-refractivity contribution is -0.116. The first kappa shape index (κ1) is 17.3. The molecule has 0 aromatic heterocycles. The number of carbonyl (C=O) groups excluding carboxylic acids is 1. The van der Waals surface area contributed by atoms with Gasteiger partial charge in [0.2, 0.25) is 5.91 Å². The number of carbonyl (C=O) groups is 1. The van der Waals surface area contributed by atoms with E-state index < -0.39 is 0 Å². The van der Waals surface area contributed by atoms with Crippen LogP contribution in [0.2, 0.25) is 0 Å². The van der Waals surface area contributed by atoms with Crippen molar-refractivity contribution in [3.63, 3.8) is 0 Å². The van der Waals surface area contributed by atoms with Crippen molar-refractivity contribution in [2.45, 2.75) is 37.8 Å². The summed E-state index contributed by atoms with van der Waals surface area (Å²) >= 11 is 0. The van der Waals surface area contributed by atoms with Gasteiger partial charge in [0.05, 0.1) is 6.10 Å². The third kappa shape index (κ3) is 4.53. The third-order valence-corrected chi connectivity index (χ3v) is 5.08. The minimum absolute atomic E-state index is 0.0887. The average Bonchev–Trinajstić information content (AvgIpc) is 2.99. The van der Waals surface area contributed by atoms with Crippen LogP contribution in [0.1, 0.15) is 25.7 Å². The second-order valence-electron chi connectivity index (χ2n) is 6.75. The molecule has 1 aliphatic carbocycles. The molecule has 0 bridgehead atoms. The fourth-order valence-corrected chi connectivity index (χ4v) is 3.71. The second-order valence-corrected chi connectivity index (χ2v) is 6.75. The van der Waals surface area contributed by atoms with Gasteiger partial charge >= 0.3 is 0 Å². The van der Waals surface area contributed by atoms with Crippen LogP contribution >= 0.6 is 0 Å². The summed E-state index contributed by atoms with van der Waals surface area (Å²) in [7, 11) is 0. The van der Waals surface area contributed by atoms with E-state index in [2.05, 4.69) is 15.1 Å². The molecule has 6 heteroatoms. The van der Waals surface area contributed by atoms with E-state index in [0.29, 0.717) is 24.7 Å². The molecule has 1 aromatic carbocycles. The van der Waals surface area contributed by atoms with E-state index >= 15 is 0 Å². The number of nitrogens with zero attached hydrogens (tertiary/aromatic N) is 2. The molecule has 24 heavy (non-hydrogen) atoms. The Labute approximate surface area is 142 Å². The number of rotatable bonds is 5. The van der Waals surface area contributed by atoms with Crippen LogP contribution in [0.15, 0.2) is 24.3 Å². The molecule has 2 fully saturated rings. The molecule has 5 nitrogen and oxygen atoms in total. The van der Waals surface area contributed by atoms with Crippen LogP contribution in [0, 0.1) is 5.82 Å². The molecular weight excluding hydrogens is 309 g/mol. The summed E-state index contributed by atoms with van der Waals surface area (Å²) < 4.78 is 13.1. The number of nitrogens with one attached hydrogen (secondary N) is 1. The Kier molecular flexibility index (Phi) is 5.81. The molecule has 132 valence electrons. The maximum Gasteiger partial charge on any atom is 0.225 e. The fourth-order valence-electron chi connectivity index (χ4n) is 3.71. The third-order valence-electron chi connectivity index (χ3n) is 5.08. The lowest BCUT2D eigenvalue weighted by Gasteiger charge is -2.39. The highest BCUT2D eigenvalue weighted by Crippen LogP contribution is 2.25. The molecular formula is C18H26FN3O2. The maximum absolute atomic E-state index is 13.1. The predicted octanol–water partition coefficient (Wildman–Crippen LogP) is 1.69. The van der Waals surface area contributed by atoms with E-state index in [9.17, 15) is 14.3 Å². The molecule has 1 aromatic rings. The van der Waals surface area contributed by atoms with Crippen molar-refractivity contribution >= 4 is 11.6 Å². The van der Waals surface area contributed by atoms with E-state index in [4.69, 9.17) is 0 Å². The molecule has 0 radical (unpaired) electrons. The Morgan fingerprint density at radius 1 is 1.25 bits per heavy atom. The zero-order valence-corrected chi connectivity index (χ0v) is 14.0. The Balaban J connectivity index is 1.38. The minimum atomic E-state index is -0.349. The standard InChI is InChI=1S/C18H26FN3O2/c19-14-3-1-4-15(13-14)20-18(24)7-8-21-9-11-22(12-10-21)16-5-2-6-17(16)23/h1,3-4,13,16-17,23H,2,5-12H2,(H,20,24)/t16-,17-/m0/s1. The summed E-state index contributed by atoms with van der Waals surface area (Å²) in [5.41, 5.74) is 0.500. The summed E-state index contributed by atoms with van der Waals surface area (Å²) in [5.74, 6) is -0.438. The minimum Gasteiger partial charge on any atom is -0.391 e. The monoisotopic (exact) mass is 335 g/mol. The zero-order valence-electron chi connectivity index (χ0n) is 14.0. The lowest BCUT2D eigenvalue weighted by atomic mass is 10.1. The van der Waals surface area contributed by atoms with Crippen LogP contribution in [-0.4, -0.2) is 65.7 Å². The van der Waals surface area contributed by atoms with Crippen molar-refractivity contribution in [1.29, 1.82) is 0 Å². The van der Waals surface area contributed by atoms with Gasteiger partial charge in [0.1, 0.15) is 5.82 Å². The van der Waals surface area contributed by atoms with E-state index in [-0.39, 0.29) is 17.8 Å². The first-order valence-electron chi connectivity index (χ1n) is 8.82. The van der Waals surface area contributed by atoms with Crippen LogP contribution in [0.3, 0.4) is 0 Å². The summed E-state index contributed by atoms with van der Waals surface area (Å²) in [6.45, 7) is 4.47. The van der Waals surface area contributed by atoms with E-state index in [1.165, 1.54) is 12.1 Å². The molecule has 1 saturated carbocycles. The van der Waals surface area contributed by atoms with Gasteiger partial charge in [0.25, 0.3) is 0 Å². The number of anilines is 1. The van der Waals surface area contributed by atoms with Crippen molar-refractivity contribution in [2.75, 3.05) is 38.0 Å². The molecule has 1 heterocycles. The molecule has 0 unspecified atom stereocenters. The highest BCUT2D eigenvalue weighted by atomic mass is 19.1. The topological polar surface area (TPSA) is 55.8 Å². The van der Waals surface area contributed by atoms with E-state index in [0.717, 1.165) is 45.4 Å². The number of hydrogen-bond donors (Lipinski definition) is 2. The smallest absolute Gasteiger partial charge is 0.225 e. The van der Waals surface area contributed by atoms with Crippen molar-refractivity contribution in [2.24, 2.45) is 0 Å². The summed E-state index contributed by atoms with van der Waals surface area (Å²) in [5, 5.41) is 12.7. The average molecular weight is 335 g/mol. The van der Waals surface area contributed by atoms with Gasteiger partial charge in [-0.25, -0.2) is 4.39 Å². The van der Waals surface area contributed by atoms with Crippen LogP contribution < -0.4 is 5.32 Å². The summed E-state index contributed by atoms with van der Waals surface area (Å²) in [6, 6.07) is 6.28. The molecule has 1 amide bonds. The van der Waals surface area contributed by atoms with Crippen LogP contribution in [-0.2, 0) is 4.79 Å². The molecule has 2 aliphatic rings. The molecule has 1 saturated heterocycles. The van der Waals surface area contributed by atoms with Gasteiger partial charge in [-0.15, -0.1) is 0 Å². The van der Waals surface area contributed by atoms with Crippen molar-refractivity contribution < 1.29 is 14.3 Å². The molecule has 0 spiro atoms. The molecule has 2 atom stereocenters. The lowest BCUT2D eigenvalue weighted by Crippen LogP contribution is -2.52. The quantitative estimate of drug-likeness (QED) is 0.860. The largest absolute Gasteiger partial charge is 0.391 e. The number of piperazine rings is 1. The van der Waals surface area contributed by atoms with Gasteiger partial charge in [-0.3, -0.25) is 9.69 Å². The second kappa shape index (κ2) is 8.05.